The third-order valence-corrected chi connectivity index (χ3v) is 5.81. The Hall–Kier alpha value is -3.24. The molecule has 0 spiro atoms. The number of rotatable bonds is 6. The first kappa shape index (κ1) is 22.9. The van der Waals surface area contributed by atoms with Crippen molar-refractivity contribution in [2.24, 2.45) is 5.92 Å². The van der Waals surface area contributed by atoms with Crippen LogP contribution in [0.3, 0.4) is 0 Å². The summed E-state index contributed by atoms with van der Waals surface area (Å²) in [5.74, 6) is -4.22. The second-order valence-electron chi connectivity index (χ2n) is 9.11. The number of halogens is 2. The van der Waals surface area contributed by atoms with Gasteiger partial charge < -0.3 is 15.3 Å². The molecule has 2 N–H and O–H groups in total. The van der Waals surface area contributed by atoms with Crippen LogP contribution in [0.5, 0.6) is 5.88 Å². The molecule has 0 aromatic carbocycles. The van der Waals surface area contributed by atoms with Crippen LogP contribution in [0.25, 0.3) is 11.7 Å². The molecule has 1 saturated carbocycles. The molecule has 1 aliphatic heterocycles. The Bertz CT molecular complexity index is 1170. The lowest BCUT2D eigenvalue weighted by Crippen LogP contribution is -2.42. The van der Waals surface area contributed by atoms with E-state index in [0.717, 1.165) is 17.4 Å². The van der Waals surface area contributed by atoms with Crippen LogP contribution in [0.2, 0.25) is 0 Å². The topological polar surface area (TPSA) is 109 Å². The van der Waals surface area contributed by atoms with Crippen LogP contribution < -0.4 is 10.9 Å². The van der Waals surface area contributed by atoms with Gasteiger partial charge in [0.05, 0.1) is 6.20 Å². The summed E-state index contributed by atoms with van der Waals surface area (Å²) in [6.45, 7) is 4.05. The quantitative estimate of drug-likeness (QED) is 0.637. The molecule has 9 nitrogen and oxygen atoms in total. The lowest BCUT2D eigenvalue weighted by atomic mass is 10.1. The van der Waals surface area contributed by atoms with Crippen molar-refractivity contribution >= 4 is 23.5 Å². The number of nitrogens with zero attached hydrogens (tertiary/aromatic N) is 4. The molecule has 178 valence electrons. The van der Waals surface area contributed by atoms with Gasteiger partial charge in [0, 0.05) is 50.2 Å². The number of carbonyl (C=O) groups excluding carboxylic acids is 2. The van der Waals surface area contributed by atoms with Gasteiger partial charge in [-0.3, -0.25) is 19.0 Å². The summed E-state index contributed by atoms with van der Waals surface area (Å²) in [7, 11) is 0. The Morgan fingerprint density at radius 3 is 2.58 bits per heavy atom. The van der Waals surface area contributed by atoms with Gasteiger partial charge in [0.25, 0.3) is 17.4 Å². The number of carbonyl (C=O) groups is 2. The van der Waals surface area contributed by atoms with Crippen LogP contribution in [0.1, 0.15) is 55.5 Å². The van der Waals surface area contributed by atoms with Crippen molar-refractivity contribution in [2.45, 2.75) is 58.0 Å². The van der Waals surface area contributed by atoms with Crippen molar-refractivity contribution in [3.05, 3.63) is 33.8 Å². The Kier molecular flexibility index (Phi) is 5.98. The molecule has 2 amide bonds. The second kappa shape index (κ2) is 8.60. The maximum absolute atomic E-state index is 13.4. The number of hydrogen-bond acceptors (Lipinski definition) is 5. The number of piperidine rings is 1. The van der Waals surface area contributed by atoms with Gasteiger partial charge >= 0.3 is 0 Å². The standard InChI is InChI=1S/C22H27F2N5O4/c1-13(2)12-28-19-14(3-6-16(30)27-9-7-22(23,24)8-10-27)11-25-29(19)21(33)17(20(28)32)18(31)26-15-4-5-15/h3,6,11,13,15,32H,4-5,7-10,12H2,1-2H3,(H,26,31). The maximum Gasteiger partial charge on any atom is 0.291 e. The monoisotopic (exact) mass is 463 g/mol. The van der Waals surface area contributed by atoms with Gasteiger partial charge in [0.15, 0.2) is 5.56 Å². The molecule has 1 aliphatic carbocycles. The van der Waals surface area contributed by atoms with E-state index in [9.17, 15) is 28.3 Å². The highest BCUT2D eigenvalue weighted by Gasteiger charge is 2.35. The van der Waals surface area contributed by atoms with Gasteiger partial charge in [-0.1, -0.05) is 13.8 Å². The lowest BCUT2D eigenvalue weighted by Gasteiger charge is -2.30. The highest BCUT2D eigenvalue weighted by Crippen LogP contribution is 2.28. The van der Waals surface area contributed by atoms with E-state index in [0.29, 0.717) is 12.1 Å². The van der Waals surface area contributed by atoms with E-state index in [-0.39, 0.29) is 49.1 Å². The normalized spacial score (nSPS) is 18.4. The fraction of sp³-hybridized carbons (Fsp3) is 0.545. The molecule has 2 aromatic heterocycles. The summed E-state index contributed by atoms with van der Waals surface area (Å²) in [5, 5.41) is 17.7. The molecule has 11 heteroatoms. The van der Waals surface area contributed by atoms with Gasteiger partial charge in [0.2, 0.25) is 11.8 Å². The Morgan fingerprint density at radius 1 is 1.30 bits per heavy atom. The summed E-state index contributed by atoms with van der Waals surface area (Å²) < 4.78 is 29.2. The Labute approximate surface area is 188 Å². The molecule has 0 atom stereocenters. The van der Waals surface area contributed by atoms with Crippen LogP contribution in [0.4, 0.5) is 8.78 Å². The average molecular weight is 463 g/mol. The zero-order valence-electron chi connectivity index (χ0n) is 18.6. The van der Waals surface area contributed by atoms with Crippen LogP contribution in [-0.4, -0.2) is 61.1 Å². The lowest BCUT2D eigenvalue weighted by molar-refractivity contribution is -0.132. The number of hydrogen-bond donors (Lipinski definition) is 2. The third-order valence-electron chi connectivity index (χ3n) is 5.81. The van der Waals surface area contributed by atoms with E-state index in [4.69, 9.17) is 0 Å². The van der Waals surface area contributed by atoms with E-state index in [1.54, 1.807) is 0 Å². The molecular weight excluding hydrogens is 436 g/mol. The predicted molar refractivity (Wildman–Crippen MR) is 116 cm³/mol. The van der Waals surface area contributed by atoms with Crippen molar-refractivity contribution in [3.8, 4) is 5.88 Å². The Balaban J connectivity index is 1.69. The second-order valence-corrected chi connectivity index (χ2v) is 9.11. The van der Waals surface area contributed by atoms with Gasteiger partial charge in [-0.15, -0.1) is 0 Å². The van der Waals surface area contributed by atoms with Gasteiger partial charge in [-0.25, -0.2) is 8.78 Å². The predicted octanol–water partition coefficient (Wildman–Crippen LogP) is 2.02. The zero-order chi connectivity index (χ0) is 23.9. The van der Waals surface area contributed by atoms with Crippen LogP contribution >= 0.6 is 0 Å². The molecule has 2 aromatic rings. The van der Waals surface area contributed by atoms with Gasteiger partial charge in [0.1, 0.15) is 5.65 Å². The van der Waals surface area contributed by atoms with E-state index < -0.39 is 29.2 Å². The summed E-state index contributed by atoms with van der Waals surface area (Å²) >= 11 is 0. The van der Waals surface area contributed by atoms with Gasteiger partial charge in [-0.05, 0) is 24.8 Å². The molecule has 2 fully saturated rings. The van der Waals surface area contributed by atoms with Crippen molar-refractivity contribution < 1.29 is 23.5 Å². The SMILES string of the molecule is CC(C)Cn1c(O)c(C(=O)NC2CC2)c(=O)n2ncc(C=CC(=O)N3CCC(F)(F)CC3)c12. The number of fused-ring (bicyclic) bond motifs is 1. The Morgan fingerprint density at radius 2 is 1.97 bits per heavy atom. The van der Waals surface area contributed by atoms with E-state index >= 15 is 0 Å². The number of nitrogens with one attached hydrogen (secondary N) is 1. The molecule has 4 rings (SSSR count). The minimum Gasteiger partial charge on any atom is -0.494 e. The molecule has 1 saturated heterocycles. The maximum atomic E-state index is 13.4. The van der Waals surface area contributed by atoms with Crippen LogP contribution in [0.15, 0.2) is 17.1 Å². The van der Waals surface area contributed by atoms with E-state index in [2.05, 4.69) is 10.4 Å². The van der Waals surface area contributed by atoms with Crippen molar-refractivity contribution in [2.75, 3.05) is 13.1 Å². The summed E-state index contributed by atoms with van der Waals surface area (Å²) in [4.78, 5) is 39.4. The molecule has 0 unspecified atom stereocenters. The average Bonchev–Trinajstić information content (AvgIpc) is 3.44. The fourth-order valence-electron chi connectivity index (χ4n) is 3.87. The highest BCUT2D eigenvalue weighted by atomic mass is 19.3. The number of aromatic nitrogens is 3. The van der Waals surface area contributed by atoms with E-state index in [1.165, 1.54) is 27.8 Å². The smallest absolute Gasteiger partial charge is 0.291 e. The first-order valence-corrected chi connectivity index (χ1v) is 11.1. The first-order valence-electron chi connectivity index (χ1n) is 11.1. The minimum atomic E-state index is -2.75. The molecule has 0 bridgehead atoms. The highest BCUT2D eigenvalue weighted by molar-refractivity contribution is 5.97. The zero-order valence-corrected chi connectivity index (χ0v) is 18.6. The summed E-state index contributed by atoms with van der Waals surface area (Å²) in [5.41, 5.74) is -0.514. The number of amides is 2. The molecule has 33 heavy (non-hydrogen) atoms. The molecule has 3 heterocycles. The van der Waals surface area contributed by atoms with Crippen molar-refractivity contribution in [1.82, 2.24) is 24.4 Å². The third kappa shape index (κ3) is 4.76. The number of aromatic hydroxyl groups is 1. The minimum absolute atomic E-state index is 0.00223. The fourth-order valence-corrected chi connectivity index (χ4v) is 3.87. The number of likely N-dealkylation sites (tertiary alicyclic amines) is 1. The van der Waals surface area contributed by atoms with Gasteiger partial charge in [-0.2, -0.15) is 9.61 Å². The van der Waals surface area contributed by atoms with Crippen LogP contribution in [0, 0.1) is 5.92 Å². The summed E-state index contributed by atoms with van der Waals surface area (Å²) in [6.07, 6.45) is 4.95. The molecule has 2 aliphatic rings. The first-order chi connectivity index (χ1) is 15.6. The van der Waals surface area contributed by atoms with E-state index in [1.807, 2.05) is 13.8 Å². The van der Waals surface area contributed by atoms with Crippen molar-refractivity contribution in [1.29, 1.82) is 0 Å². The number of alkyl halides is 2. The molecular formula is C22H27F2N5O4. The largest absolute Gasteiger partial charge is 0.494 e. The molecule has 0 radical (unpaired) electrons. The van der Waals surface area contributed by atoms with Crippen LogP contribution in [-0.2, 0) is 11.3 Å². The van der Waals surface area contributed by atoms with Crippen molar-refractivity contribution in [3.63, 3.8) is 0 Å². The summed E-state index contributed by atoms with van der Waals surface area (Å²) in [6, 6.07) is 0.00223.